The normalized spacial score (nSPS) is 17.1. The van der Waals surface area contributed by atoms with Crippen molar-refractivity contribution in [3.63, 3.8) is 0 Å². The van der Waals surface area contributed by atoms with E-state index in [9.17, 15) is 4.79 Å². The third-order valence-electron chi connectivity index (χ3n) is 4.80. The maximum atomic E-state index is 12.6. The smallest absolute Gasteiger partial charge is 0.292 e. The SMILES string of the molecule is O=c1c(Cl)c(N[C@@H]2CCN(Cc3ccccc3)C2)cnn1-c1ccccc1. The fraction of sp³-hybridized carbons (Fsp3) is 0.238. The maximum absolute atomic E-state index is 12.6. The van der Waals surface area contributed by atoms with Gasteiger partial charge < -0.3 is 5.32 Å². The Bertz CT molecular complexity index is 959. The minimum atomic E-state index is -0.313. The zero-order chi connectivity index (χ0) is 18.6. The van der Waals surface area contributed by atoms with Crippen molar-refractivity contribution >= 4 is 17.3 Å². The fourth-order valence-corrected chi connectivity index (χ4v) is 3.63. The van der Waals surface area contributed by atoms with Crippen LogP contribution in [0.25, 0.3) is 5.69 Å². The van der Waals surface area contributed by atoms with Crippen LogP contribution in [0, 0.1) is 0 Å². The minimum absolute atomic E-state index is 0.176. The average molecular weight is 381 g/mol. The highest BCUT2D eigenvalue weighted by atomic mass is 35.5. The number of halogens is 1. The number of para-hydroxylation sites is 1. The van der Waals surface area contributed by atoms with Gasteiger partial charge in [-0.3, -0.25) is 9.69 Å². The lowest BCUT2D eigenvalue weighted by molar-refractivity contribution is 0.328. The first-order chi connectivity index (χ1) is 13.2. The number of nitrogens with zero attached hydrogens (tertiary/aromatic N) is 3. The van der Waals surface area contributed by atoms with E-state index in [4.69, 9.17) is 11.6 Å². The Morgan fingerprint density at radius 2 is 1.78 bits per heavy atom. The van der Waals surface area contributed by atoms with Crippen molar-refractivity contribution in [3.05, 3.63) is 87.8 Å². The van der Waals surface area contributed by atoms with E-state index in [1.54, 1.807) is 6.20 Å². The summed E-state index contributed by atoms with van der Waals surface area (Å²) in [6.45, 7) is 2.85. The first-order valence-corrected chi connectivity index (χ1v) is 9.44. The number of benzene rings is 2. The molecule has 1 aliphatic rings. The molecule has 0 spiro atoms. The average Bonchev–Trinajstić information content (AvgIpc) is 3.14. The van der Waals surface area contributed by atoms with Crippen LogP contribution in [0.1, 0.15) is 12.0 Å². The molecule has 0 bridgehead atoms. The van der Waals surface area contributed by atoms with Gasteiger partial charge in [-0.1, -0.05) is 60.1 Å². The van der Waals surface area contributed by atoms with E-state index in [0.717, 1.165) is 26.1 Å². The molecular weight excluding hydrogens is 360 g/mol. The number of rotatable bonds is 5. The number of nitrogens with one attached hydrogen (secondary N) is 1. The van der Waals surface area contributed by atoms with Crippen molar-refractivity contribution in [2.45, 2.75) is 19.0 Å². The molecule has 1 saturated heterocycles. The first-order valence-electron chi connectivity index (χ1n) is 9.07. The van der Waals surface area contributed by atoms with Gasteiger partial charge in [-0.25, -0.2) is 0 Å². The van der Waals surface area contributed by atoms with Gasteiger partial charge in [0.15, 0.2) is 0 Å². The van der Waals surface area contributed by atoms with Crippen molar-refractivity contribution < 1.29 is 0 Å². The molecule has 2 aromatic carbocycles. The van der Waals surface area contributed by atoms with Gasteiger partial charge in [0.05, 0.1) is 17.6 Å². The van der Waals surface area contributed by atoms with E-state index >= 15 is 0 Å². The van der Waals surface area contributed by atoms with Gasteiger partial charge in [0, 0.05) is 25.7 Å². The second kappa shape index (κ2) is 7.94. The Balaban J connectivity index is 1.44. The summed E-state index contributed by atoms with van der Waals surface area (Å²) in [5, 5.41) is 7.85. The van der Waals surface area contributed by atoms with Crippen LogP contribution in [0.3, 0.4) is 0 Å². The monoisotopic (exact) mass is 380 g/mol. The molecule has 0 radical (unpaired) electrons. The van der Waals surface area contributed by atoms with E-state index in [-0.39, 0.29) is 16.6 Å². The van der Waals surface area contributed by atoms with Crippen LogP contribution >= 0.6 is 11.6 Å². The summed E-state index contributed by atoms with van der Waals surface area (Å²) < 4.78 is 1.32. The number of anilines is 1. The third-order valence-corrected chi connectivity index (χ3v) is 5.17. The quantitative estimate of drug-likeness (QED) is 0.735. The summed E-state index contributed by atoms with van der Waals surface area (Å²) >= 11 is 6.34. The highest BCUT2D eigenvalue weighted by Gasteiger charge is 2.23. The van der Waals surface area contributed by atoms with Gasteiger partial charge in [-0.15, -0.1) is 0 Å². The predicted molar refractivity (Wildman–Crippen MR) is 109 cm³/mol. The number of hydrogen-bond acceptors (Lipinski definition) is 4. The van der Waals surface area contributed by atoms with Crippen LogP contribution in [0.5, 0.6) is 0 Å². The Morgan fingerprint density at radius 3 is 2.52 bits per heavy atom. The fourth-order valence-electron chi connectivity index (χ4n) is 3.44. The molecule has 5 nitrogen and oxygen atoms in total. The molecule has 27 heavy (non-hydrogen) atoms. The molecule has 4 rings (SSSR count). The number of aromatic nitrogens is 2. The van der Waals surface area contributed by atoms with Crippen LogP contribution in [-0.2, 0) is 6.54 Å². The second-order valence-electron chi connectivity index (χ2n) is 6.78. The van der Waals surface area contributed by atoms with E-state index < -0.39 is 0 Å². The summed E-state index contributed by atoms with van der Waals surface area (Å²) in [5.41, 5.74) is 2.29. The molecule has 3 aromatic rings. The molecule has 0 saturated carbocycles. The van der Waals surface area contributed by atoms with Gasteiger partial charge in [0.1, 0.15) is 5.02 Å². The van der Waals surface area contributed by atoms with Crippen LogP contribution in [0.2, 0.25) is 5.02 Å². The molecule has 1 atom stereocenters. The molecule has 0 aliphatic carbocycles. The Labute approximate surface area is 163 Å². The largest absolute Gasteiger partial charge is 0.378 e. The van der Waals surface area contributed by atoms with Gasteiger partial charge in [-0.05, 0) is 24.1 Å². The van der Waals surface area contributed by atoms with Gasteiger partial charge in [-0.2, -0.15) is 9.78 Å². The van der Waals surface area contributed by atoms with Crippen LogP contribution in [-0.4, -0.2) is 33.8 Å². The molecule has 6 heteroatoms. The van der Waals surface area contributed by atoms with Crippen molar-refractivity contribution in [2.24, 2.45) is 0 Å². The molecular formula is C21H21ClN4O. The standard InChI is InChI=1S/C21H21ClN4O/c22-20-19(13-23-26(21(20)27)18-9-5-2-6-10-18)24-17-11-12-25(15-17)14-16-7-3-1-4-8-16/h1-10,13,17,24H,11-12,14-15H2/t17-/m1/s1. The van der Waals surface area contributed by atoms with Crippen LogP contribution in [0.4, 0.5) is 5.69 Å². The maximum Gasteiger partial charge on any atom is 0.292 e. The van der Waals surface area contributed by atoms with Crippen molar-refractivity contribution in [1.29, 1.82) is 0 Å². The lowest BCUT2D eigenvalue weighted by Crippen LogP contribution is -2.28. The topological polar surface area (TPSA) is 50.2 Å². The Kier molecular flexibility index (Phi) is 5.23. The number of likely N-dealkylation sites (tertiary alicyclic amines) is 1. The minimum Gasteiger partial charge on any atom is -0.378 e. The highest BCUT2D eigenvalue weighted by Crippen LogP contribution is 2.22. The molecule has 0 amide bonds. The zero-order valence-corrected chi connectivity index (χ0v) is 15.6. The van der Waals surface area contributed by atoms with Gasteiger partial charge >= 0.3 is 0 Å². The predicted octanol–water partition coefficient (Wildman–Crippen LogP) is 3.57. The van der Waals surface area contributed by atoms with Crippen LogP contribution < -0.4 is 10.9 Å². The van der Waals surface area contributed by atoms with E-state index in [0.29, 0.717) is 11.4 Å². The molecule has 1 N–H and O–H groups in total. The molecule has 1 aromatic heterocycles. The zero-order valence-electron chi connectivity index (χ0n) is 14.9. The van der Waals surface area contributed by atoms with Gasteiger partial charge in [0.25, 0.3) is 5.56 Å². The lowest BCUT2D eigenvalue weighted by atomic mass is 10.2. The van der Waals surface area contributed by atoms with Gasteiger partial charge in [0.2, 0.25) is 0 Å². The summed E-state index contributed by atoms with van der Waals surface area (Å²) in [6.07, 6.45) is 2.64. The molecule has 2 heterocycles. The summed E-state index contributed by atoms with van der Waals surface area (Å²) in [6, 6.07) is 20.0. The highest BCUT2D eigenvalue weighted by molar-refractivity contribution is 6.33. The first kappa shape index (κ1) is 17.8. The van der Waals surface area contributed by atoms with E-state index in [1.165, 1.54) is 10.2 Å². The van der Waals surface area contributed by atoms with E-state index in [1.807, 2.05) is 36.4 Å². The summed E-state index contributed by atoms with van der Waals surface area (Å²) in [5.74, 6) is 0. The molecule has 1 fully saturated rings. The van der Waals surface area contributed by atoms with Crippen molar-refractivity contribution in [1.82, 2.24) is 14.7 Å². The molecule has 0 unspecified atom stereocenters. The van der Waals surface area contributed by atoms with Crippen LogP contribution in [0.15, 0.2) is 71.7 Å². The van der Waals surface area contributed by atoms with Crippen molar-refractivity contribution in [3.8, 4) is 5.69 Å². The van der Waals surface area contributed by atoms with E-state index in [2.05, 4.69) is 39.6 Å². The van der Waals surface area contributed by atoms with Crippen molar-refractivity contribution in [2.75, 3.05) is 18.4 Å². The Morgan fingerprint density at radius 1 is 1.07 bits per heavy atom. The summed E-state index contributed by atoms with van der Waals surface area (Å²) in [7, 11) is 0. The number of hydrogen-bond donors (Lipinski definition) is 1. The molecule has 1 aliphatic heterocycles. The third kappa shape index (κ3) is 4.04. The lowest BCUT2D eigenvalue weighted by Gasteiger charge is -2.18. The second-order valence-corrected chi connectivity index (χ2v) is 7.15. The Hall–Kier alpha value is -2.63. The summed E-state index contributed by atoms with van der Waals surface area (Å²) in [4.78, 5) is 15.0. The molecule has 138 valence electrons.